The van der Waals surface area contributed by atoms with Crippen LogP contribution in [0.3, 0.4) is 0 Å². The molecule has 0 spiro atoms. The van der Waals surface area contributed by atoms with Crippen LogP contribution in [0.25, 0.3) is 0 Å². The van der Waals surface area contributed by atoms with E-state index in [0.29, 0.717) is 0 Å². The van der Waals surface area contributed by atoms with E-state index in [1.54, 1.807) is 0 Å². The first-order valence-corrected chi connectivity index (χ1v) is 7.38. The van der Waals surface area contributed by atoms with Crippen molar-refractivity contribution in [1.82, 2.24) is 0 Å². The molecule has 23 heavy (non-hydrogen) atoms. The summed E-state index contributed by atoms with van der Waals surface area (Å²) in [5.41, 5.74) is 0. The van der Waals surface area contributed by atoms with Crippen LogP contribution in [0.4, 0.5) is 0 Å². The van der Waals surface area contributed by atoms with Crippen LogP contribution in [-0.2, 0) is 4.74 Å². The van der Waals surface area contributed by atoms with E-state index in [-0.39, 0.29) is 12.8 Å². The Labute approximate surface area is 132 Å². The average molecular weight is 342 g/mol. The van der Waals surface area contributed by atoms with Crippen LogP contribution in [0.2, 0.25) is 0 Å². The first-order chi connectivity index (χ1) is 10.7. The van der Waals surface area contributed by atoms with Crippen LogP contribution in [0, 0.1) is 0 Å². The third kappa shape index (κ3) is 5.03. The van der Waals surface area contributed by atoms with E-state index < -0.39 is 68.1 Å². The van der Waals surface area contributed by atoms with E-state index in [0.717, 1.165) is 0 Å². The Balaban J connectivity index is 2.55. The molecule has 138 valence electrons. The van der Waals surface area contributed by atoms with E-state index in [4.69, 9.17) is 14.9 Å². The minimum Gasteiger partial charge on any atom is -0.394 e. The van der Waals surface area contributed by atoms with Gasteiger partial charge in [-0.05, 0) is 12.8 Å². The van der Waals surface area contributed by atoms with Gasteiger partial charge in [-0.15, -0.1) is 0 Å². The largest absolute Gasteiger partial charge is 0.394 e. The van der Waals surface area contributed by atoms with Crippen molar-refractivity contribution in [2.45, 2.75) is 67.8 Å². The normalized spacial score (nSPS) is 37.2. The minimum absolute atomic E-state index is 0.0540. The summed E-state index contributed by atoms with van der Waals surface area (Å²) >= 11 is 0. The van der Waals surface area contributed by atoms with Crippen molar-refractivity contribution in [2.75, 3.05) is 13.2 Å². The molecule has 1 fully saturated rings. The van der Waals surface area contributed by atoms with Crippen molar-refractivity contribution in [3.63, 3.8) is 0 Å². The molecule has 9 atom stereocenters. The van der Waals surface area contributed by atoms with Crippen LogP contribution in [0.1, 0.15) is 12.8 Å². The summed E-state index contributed by atoms with van der Waals surface area (Å²) in [6.45, 7) is -1.37. The van der Waals surface area contributed by atoms with Gasteiger partial charge in [0, 0.05) is 0 Å². The predicted molar refractivity (Wildman–Crippen MR) is 74.1 cm³/mol. The van der Waals surface area contributed by atoms with Gasteiger partial charge in [0.25, 0.3) is 0 Å². The SMILES string of the molecule is OCC1O[C@H](CC[C@@H](O)[C@@H](O)[C@H](O)[C@H](O)CO)C(O)[C@H](O)[C@@H]1O. The van der Waals surface area contributed by atoms with Crippen molar-refractivity contribution in [3.05, 3.63) is 0 Å². The molecule has 1 aliphatic heterocycles. The van der Waals surface area contributed by atoms with Crippen molar-refractivity contribution < 1.29 is 50.7 Å². The lowest BCUT2D eigenvalue weighted by molar-refractivity contribution is -0.232. The number of aliphatic hydroxyl groups excluding tert-OH is 9. The molecule has 0 aromatic rings. The molecular weight excluding hydrogens is 316 g/mol. The first-order valence-electron chi connectivity index (χ1n) is 7.38. The summed E-state index contributed by atoms with van der Waals surface area (Å²) < 4.78 is 5.24. The van der Waals surface area contributed by atoms with Crippen LogP contribution in [-0.4, -0.2) is 114 Å². The standard InChI is InChI=1S/C13H26O10/c14-3-6(17)10(19)9(18)5(16)1-2-7-11(20)13(22)12(21)8(4-15)23-7/h5-22H,1-4H2/t5-,6-,7-,8?,9-,10-,11?,12-,13+/m1/s1. The molecule has 9 N–H and O–H groups in total. The fraction of sp³-hybridized carbons (Fsp3) is 1.00. The second-order valence-electron chi connectivity index (χ2n) is 5.74. The third-order valence-corrected chi connectivity index (χ3v) is 4.06. The summed E-state index contributed by atoms with van der Waals surface area (Å²) in [6, 6.07) is 0. The van der Waals surface area contributed by atoms with Gasteiger partial charge < -0.3 is 50.7 Å². The quantitative estimate of drug-likeness (QED) is 0.206. The smallest absolute Gasteiger partial charge is 0.111 e. The highest BCUT2D eigenvalue weighted by Crippen LogP contribution is 2.25. The van der Waals surface area contributed by atoms with Crippen molar-refractivity contribution in [3.8, 4) is 0 Å². The molecular formula is C13H26O10. The molecule has 1 heterocycles. The van der Waals surface area contributed by atoms with E-state index in [1.807, 2.05) is 0 Å². The lowest BCUT2D eigenvalue weighted by Crippen LogP contribution is -2.58. The summed E-state index contributed by atoms with van der Waals surface area (Å²) in [4.78, 5) is 0. The molecule has 1 rings (SSSR count). The molecule has 0 amide bonds. The molecule has 1 aliphatic rings. The average Bonchev–Trinajstić information content (AvgIpc) is 2.56. The highest BCUT2D eigenvalue weighted by atomic mass is 16.5. The fourth-order valence-corrected chi connectivity index (χ4v) is 2.49. The summed E-state index contributed by atoms with van der Waals surface area (Å²) in [5, 5.41) is 85.0. The second kappa shape index (κ2) is 9.18. The van der Waals surface area contributed by atoms with Gasteiger partial charge in [0.2, 0.25) is 0 Å². The van der Waals surface area contributed by atoms with Gasteiger partial charge in [0.1, 0.15) is 42.7 Å². The molecule has 0 radical (unpaired) electrons. The summed E-state index contributed by atoms with van der Waals surface area (Å²) in [5.74, 6) is 0. The zero-order valence-corrected chi connectivity index (χ0v) is 12.5. The topological polar surface area (TPSA) is 191 Å². The highest BCUT2D eigenvalue weighted by molar-refractivity contribution is 4.92. The Morgan fingerprint density at radius 1 is 0.739 bits per heavy atom. The second-order valence-corrected chi connectivity index (χ2v) is 5.74. The lowest BCUT2D eigenvalue weighted by Gasteiger charge is -2.40. The molecule has 10 nitrogen and oxygen atoms in total. The molecule has 2 unspecified atom stereocenters. The molecule has 10 heteroatoms. The lowest BCUT2D eigenvalue weighted by atomic mass is 9.91. The molecule has 0 aliphatic carbocycles. The monoisotopic (exact) mass is 342 g/mol. The van der Waals surface area contributed by atoms with Gasteiger partial charge in [0.05, 0.1) is 25.4 Å². The highest BCUT2D eigenvalue weighted by Gasteiger charge is 2.43. The van der Waals surface area contributed by atoms with E-state index in [2.05, 4.69) is 0 Å². The van der Waals surface area contributed by atoms with Gasteiger partial charge in [-0.3, -0.25) is 0 Å². The maximum absolute atomic E-state index is 9.82. The van der Waals surface area contributed by atoms with Crippen LogP contribution >= 0.6 is 0 Å². The van der Waals surface area contributed by atoms with Crippen molar-refractivity contribution >= 4 is 0 Å². The summed E-state index contributed by atoms with van der Waals surface area (Å²) in [7, 11) is 0. The van der Waals surface area contributed by atoms with Crippen LogP contribution < -0.4 is 0 Å². The first kappa shape index (κ1) is 20.6. The van der Waals surface area contributed by atoms with E-state index in [9.17, 15) is 35.7 Å². The Kier molecular flexibility index (Phi) is 8.24. The fourth-order valence-electron chi connectivity index (χ4n) is 2.49. The molecule has 0 saturated carbocycles. The Bertz CT molecular complexity index is 341. The van der Waals surface area contributed by atoms with Gasteiger partial charge in [-0.2, -0.15) is 0 Å². The van der Waals surface area contributed by atoms with E-state index >= 15 is 0 Å². The number of rotatable bonds is 8. The van der Waals surface area contributed by atoms with Crippen molar-refractivity contribution in [1.29, 1.82) is 0 Å². The van der Waals surface area contributed by atoms with Crippen LogP contribution in [0.5, 0.6) is 0 Å². The number of hydrogen-bond donors (Lipinski definition) is 9. The molecule has 0 aromatic carbocycles. The van der Waals surface area contributed by atoms with Gasteiger partial charge in [-0.1, -0.05) is 0 Å². The van der Waals surface area contributed by atoms with E-state index in [1.165, 1.54) is 0 Å². The Morgan fingerprint density at radius 3 is 1.78 bits per heavy atom. The third-order valence-electron chi connectivity index (χ3n) is 4.06. The Hall–Kier alpha value is -0.400. The minimum atomic E-state index is -1.76. The van der Waals surface area contributed by atoms with Gasteiger partial charge in [0.15, 0.2) is 0 Å². The maximum atomic E-state index is 9.82. The van der Waals surface area contributed by atoms with Crippen LogP contribution in [0.15, 0.2) is 0 Å². The number of aliphatic hydroxyl groups is 9. The molecule has 1 saturated heterocycles. The zero-order valence-electron chi connectivity index (χ0n) is 12.5. The maximum Gasteiger partial charge on any atom is 0.111 e. The Morgan fingerprint density at radius 2 is 1.26 bits per heavy atom. The number of ether oxygens (including phenoxy) is 1. The van der Waals surface area contributed by atoms with Gasteiger partial charge >= 0.3 is 0 Å². The predicted octanol–water partition coefficient (Wildman–Crippen LogP) is -4.96. The van der Waals surface area contributed by atoms with Crippen molar-refractivity contribution in [2.24, 2.45) is 0 Å². The molecule has 0 bridgehead atoms. The molecule has 0 aromatic heterocycles. The number of hydrogen-bond acceptors (Lipinski definition) is 10. The van der Waals surface area contributed by atoms with Gasteiger partial charge in [-0.25, -0.2) is 0 Å². The zero-order chi connectivity index (χ0) is 17.7. The summed E-state index contributed by atoms with van der Waals surface area (Å²) in [6.07, 6.45) is -13.4.